The number of rotatable bonds is 8. The number of carboxylic acid groups (broad SMARTS) is 2. The van der Waals surface area contributed by atoms with Crippen molar-refractivity contribution in [2.45, 2.75) is 24.3 Å². The van der Waals surface area contributed by atoms with E-state index in [0.29, 0.717) is 5.56 Å². The van der Waals surface area contributed by atoms with Crippen LogP contribution in [0.1, 0.15) is 12.0 Å². The van der Waals surface area contributed by atoms with Crippen LogP contribution in [0.5, 0.6) is 0 Å². The fourth-order valence-electron chi connectivity index (χ4n) is 2.01. The molecule has 152 valence electrons. The molecule has 0 radical (unpaired) electrons. The maximum atomic E-state index is 11.8. The third-order valence-electron chi connectivity index (χ3n) is 3.41. The number of benzene rings is 1. The molecule has 1 fully saturated rings. The van der Waals surface area contributed by atoms with Gasteiger partial charge < -0.3 is 15.5 Å². The van der Waals surface area contributed by atoms with Crippen LogP contribution in [0, 0.1) is 0 Å². The first-order valence-corrected chi connectivity index (χ1v) is 11.5. The third-order valence-corrected chi connectivity index (χ3v) is 5.71. The summed E-state index contributed by atoms with van der Waals surface area (Å²) >= 11 is 0. The smallest absolute Gasteiger partial charge is 0.322 e. The molecule has 2 atom stereocenters. The van der Waals surface area contributed by atoms with E-state index in [9.17, 15) is 26.4 Å². The van der Waals surface area contributed by atoms with E-state index in [-0.39, 0.29) is 6.04 Å². The molecule has 1 aromatic rings. The van der Waals surface area contributed by atoms with Gasteiger partial charge in [-0.05, 0) is 18.5 Å². The molecule has 1 aliphatic heterocycles. The quantitative estimate of drug-likeness (QED) is 0.412. The van der Waals surface area contributed by atoms with Gasteiger partial charge in [-0.25, -0.2) is 16.8 Å². The summed E-state index contributed by atoms with van der Waals surface area (Å²) in [5, 5.41) is 19.8. The van der Waals surface area contributed by atoms with Crippen molar-refractivity contribution in [3.05, 3.63) is 35.9 Å². The molecule has 1 unspecified atom stereocenters. The molecule has 12 heteroatoms. The highest BCUT2D eigenvalue weighted by Crippen LogP contribution is 2.05. The minimum atomic E-state index is -3.95. The Kier molecular flexibility index (Phi) is 8.34. The van der Waals surface area contributed by atoms with Gasteiger partial charge in [0.05, 0.1) is 11.5 Å². The van der Waals surface area contributed by atoms with Gasteiger partial charge in [0.25, 0.3) is 0 Å². The first-order valence-electron chi connectivity index (χ1n) is 7.80. The highest BCUT2D eigenvalue weighted by molar-refractivity contribution is 7.91. The number of hydrogen-bond donors (Lipinski definition) is 4. The van der Waals surface area contributed by atoms with E-state index in [1.54, 1.807) is 30.3 Å². The van der Waals surface area contributed by atoms with Gasteiger partial charge in [-0.1, -0.05) is 30.3 Å². The molecule has 0 saturated carbocycles. The summed E-state index contributed by atoms with van der Waals surface area (Å²) in [6, 6.07) is 6.22. The second-order valence-corrected chi connectivity index (χ2v) is 9.92. The average molecular weight is 422 g/mol. The molecule has 0 aliphatic carbocycles. The minimum absolute atomic E-state index is 0.250. The lowest BCUT2D eigenvalue weighted by atomic mass is 10.1. The van der Waals surface area contributed by atoms with E-state index in [0.717, 1.165) is 19.2 Å². The second-order valence-electron chi connectivity index (χ2n) is 5.98. The Bertz CT molecular complexity index is 849. The average Bonchev–Trinajstić information content (AvgIpc) is 2.43. The van der Waals surface area contributed by atoms with Gasteiger partial charge in [0.2, 0.25) is 10.0 Å². The Morgan fingerprint density at radius 2 is 1.74 bits per heavy atom. The summed E-state index contributed by atoms with van der Waals surface area (Å²) in [5.41, 5.74) is 0.475. The topological polar surface area (TPSA) is 167 Å². The molecule has 1 heterocycles. The lowest BCUT2D eigenvalue weighted by molar-refractivity contribution is -0.141. The first kappa shape index (κ1) is 23.0. The van der Waals surface area contributed by atoms with Crippen LogP contribution in [0.15, 0.2) is 30.3 Å². The van der Waals surface area contributed by atoms with Crippen LogP contribution in [0.25, 0.3) is 0 Å². The van der Waals surface area contributed by atoms with E-state index in [4.69, 9.17) is 10.2 Å². The Labute approximate surface area is 157 Å². The number of sulfone groups is 1. The van der Waals surface area contributed by atoms with Crippen LogP contribution < -0.4 is 10.0 Å². The Hall–Kier alpha value is -2.02. The fraction of sp³-hybridized carbons (Fsp3) is 0.467. The number of hydrogen-bond acceptors (Lipinski definition) is 7. The lowest BCUT2D eigenvalue weighted by Crippen LogP contribution is -2.48. The maximum Gasteiger partial charge on any atom is 0.322 e. The zero-order chi connectivity index (χ0) is 20.7. The summed E-state index contributed by atoms with van der Waals surface area (Å²) < 4.78 is 47.7. The second kappa shape index (κ2) is 9.78. The Morgan fingerprint density at radius 3 is 2.07 bits per heavy atom. The molecule has 0 spiro atoms. The SMILES string of the molecule is CS(=O)(=O)C[C@H](NS(=O)(=O)Cc1ccccc1)C(=O)O.O=C(O)C1CCN1. The Morgan fingerprint density at radius 1 is 1.19 bits per heavy atom. The standard InChI is InChI=1S/C11H15NO6S2.C4H7NO2/c1-19(15,16)8-10(11(13)14)12-20(17,18)7-9-5-3-2-4-6-9;6-4(7)3-1-2-5-3/h2-6,10,12H,7-8H2,1H3,(H,13,14);3,5H,1-2H2,(H,6,7)/t10-;/m0./s1. The molecular formula is C15H22N2O8S2. The molecule has 1 aromatic carbocycles. The van der Waals surface area contributed by atoms with E-state index >= 15 is 0 Å². The number of aliphatic carboxylic acids is 2. The minimum Gasteiger partial charge on any atom is -0.480 e. The molecule has 10 nitrogen and oxygen atoms in total. The monoisotopic (exact) mass is 422 g/mol. The van der Waals surface area contributed by atoms with Gasteiger partial charge in [0.15, 0.2) is 0 Å². The van der Waals surface area contributed by atoms with Crippen molar-refractivity contribution < 1.29 is 36.6 Å². The molecule has 0 bridgehead atoms. The highest BCUT2D eigenvalue weighted by Gasteiger charge is 2.27. The van der Waals surface area contributed by atoms with E-state index < -0.39 is 49.3 Å². The summed E-state index contributed by atoms with van der Waals surface area (Å²) in [7, 11) is -7.57. The van der Waals surface area contributed by atoms with Gasteiger partial charge in [-0.2, -0.15) is 4.72 Å². The number of carboxylic acids is 2. The summed E-state index contributed by atoms with van der Waals surface area (Å²) in [6.07, 6.45) is 1.63. The van der Waals surface area contributed by atoms with Crippen molar-refractivity contribution in [2.75, 3.05) is 18.6 Å². The third kappa shape index (κ3) is 9.47. The van der Waals surface area contributed by atoms with Gasteiger partial charge in [0.1, 0.15) is 21.9 Å². The maximum absolute atomic E-state index is 11.8. The van der Waals surface area contributed by atoms with Gasteiger partial charge in [-0.3, -0.25) is 9.59 Å². The molecule has 0 aromatic heterocycles. The van der Waals surface area contributed by atoms with E-state index in [2.05, 4.69) is 5.32 Å². The molecule has 1 aliphatic rings. The summed E-state index contributed by atoms with van der Waals surface area (Å²) in [4.78, 5) is 20.8. The van der Waals surface area contributed by atoms with Crippen molar-refractivity contribution in [1.82, 2.24) is 10.0 Å². The van der Waals surface area contributed by atoms with Crippen molar-refractivity contribution in [3.63, 3.8) is 0 Å². The normalized spacial score (nSPS) is 17.7. The van der Waals surface area contributed by atoms with Crippen molar-refractivity contribution in [3.8, 4) is 0 Å². The van der Waals surface area contributed by atoms with E-state index in [1.165, 1.54) is 0 Å². The summed E-state index contributed by atoms with van der Waals surface area (Å²) in [5.74, 6) is -3.48. The van der Waals surface area contributed by atoms with Crippen LogP contribution in [0.3, 0.4) is 0 Å². The predicted molar refractivity (Wildman–Crippen MR) is 97.4 cm³/mol. The molecule has 27 heavy (non-hydrogen) atoms. The van der Waals surface area contributed by atoms with Crippen molar-refractivity contribution >= 4 is 31.8 Å². The molecule has 4 N–H and O–H groups in total. The zero-order valence-corrected chi connectivity index (χ0v) is 16.2. The Balaban J connectivity index is 0.000000433. The lowest BCUT2D eigenvalue weighted by Gasteiger charge is -2.22. The van der Waals surface area contributed by atoms with Crippen LogP contribution in [0.4, 0.5) is 0 Å². The molecule has 2 rings (SSSR count). The van der Waals surface area contributed by atoms with Crippen molar-refractivity contribution in [1.29, 1.82) is 0 Å². The van der Waals surface area contributed by atoms with Gasteiger partial charge >= 0.3 is 11.9 Å². The van der Waals surface area contributed by atoms with Crippen molar-refractivity contribution in [2.24, 2.45) is 0 Å². The number of nitrogens with one attached hydrogen (secondary N) is 2. The predicted octanol–water partition coefficient (Wildman–Crippen LogP) is -0.963. The van der Waals surface area contributed by atoms with Gasteiger partial charge in [0, 0.05) is 6.26 Å². The molecule has 0 amide bonds. The first-order chi connectivity index (χ1) is 12.4. The van der Waals surface area contributed by atoms with Crippen LogP contribution in [-0.4, -0.2) is 69.6 Å². The number of sulfonamides is 1. The van der Waals surface area contributed by atoms with Crippen LogP contribution in [0.2, 0.25) is 0 Å². The fourth-order valence-corrected chi connectivity index (χ4v) is 4.28. The van der Waals surface area contributed by atoms with Gasteiger partial charge in [-0.15, -0.1) is 0 Å². The van der Waals surface area contributed by atoms with Crippen LogP contribution in [-0.2, 0) is 35.2 Å². The largest absolute Gasteiger partial charge is 0.480 e. The zero-order valence-electron chi connectivity index (χ0n) is 14.5. The van der Waals surface area contributed by atoms with Crippen LogP contribution >= 0.6 is 0 Å². The van der Waals surface area contributed by atoms with E-state index in [1.807, 2.05) is 4.72 Å². The molecule has 1 saturated heterocycles. The highest BCUT2D eigenvalue weighted by atomic mass is 32.2. The summed E-state index contributed by atoms with van der Waals surface area (Å²) in [6.45, 7) is 0.858. The number of carbonyl (C=O) groups is 2. The molecular weight excluding hydrogens is 400 g/mol.